The van der Waals surface area contributed by atoms with Crippen LogP contribution < -0.4 is 10.6 Å². The Morgan fingerprint density at radius 2 is 2.21 bits per heavy atom. The summed E-state index contributed by atoms with van der Waals surface area (Å²) in [5.41, 5.74) is 0.859. The Bertz CT molecular complexity index is 802. The summed E-state index contributed by atoms with van der Waals surface area (Å²) < 4.78 is 2.17. The first kappa shape index (κ1) is 14.8. The molecule has 5 rings (SSSR count). The summed E-state index contributed by atoms with van der Waals surface area (Å²) in [6.07, 6.45) is 9.23. The molecular weight excluding hydrogens is 320 g/mol. The fourth-order valence-corrected chi connectivity index (χ4v) is 5.16. The predicted molar refractivity (Wildman–Crippen MR) is 94.0 cm³/mol. The van der Waals surface area contributed by atoms with E-state index in [0.29, 0.717) is 11.8 Å². The van der Waals surface area contributed by atoms with E-state index >= 15 is 0 Å². The van der Waals surface area contributed by atoms with E-state index in [1.807, 2.05) is 6.20 Å². The fourth-order valence-electron chi connectivity index (χ4n) is 4.58. The van der Waals surface area contributed by atoms with Gasteiger partial charge in [-0.05, 0) is 62.6 Å². The van der Waals surface area contributed by atoms with E-state index in [-0.39, 0.29) is 17.4 Å². The Labute approximate surface area is 145 Å². The minimum atomic E-state index is -0.273. The van der Waals surface area contributed by atoms with Gasteiger partial charge in [0.2, 0.25) is 5.91 Å². The van der Waals surface area contributed by atoms with Crippen LogP contribution in [0.5, 0.6) is 0 Å². The van der Waals surface area contributed by atoms with Crippen molar-refractivity contribution in [1.82, 2.24) is 20.0 Å². The molecular formula is C18H22N4OS. The van der Waals surface area contributed by atoms with Crippen LogP contribution in [-0.2, 0) is 10.3 Å². The molecule has 5 nitrogen and oxygen atoms in total. The zero-order valence-corrected chi connectivity index (χ0v) is 14.6. The van der Waals surface area contributed by atoms with Crippen LogP contribution in [0.25, 0.3) is 5.52 Å². The van der Waals surface area contributed by atoms with Crippen LogP contribution in [0, 0.1) is 17.8 Å². The van der Waals surface area contributed by atoms with Crippen LogP contribution in [0.4, 0.5) is 0 Å². The standard InChI is InChI=1S/C18H22N4OS/c1-24-14-4-2-7-22-13(14)10-20-17(22)18(5-3-6-18)21-16(23)15-11-8-19-9-12(11)15/h2,4,7,10-12,15,19H,3,5-6,8-9H2,1H3,(H,21,23)/t11-,12+,15+. The van der Waals surface area contributed by atoms with Crippen molar-refractivity contribution in [2.24, 2.45) is 17.8 Å². The second-order valence-corrected chi connectivity index (χ2v) is 8.20. The number of aromatic nitrogens is 2. The molecule has 3 aliphatic rings. The number of thioether (sulfide) groups is 1. The Balaban J connectivity index is 1.46. The van der Waals surface area contributed by atoms with E-state index in [4.69, 9.17) is 4.98 Å². The number of hydrogen-bond acceptors (Lipinski definition) is 4. The van der Waals surface area contributed by atoms with Crippen LogP contribution in [0.2, 0.25) is 0 Å². The van der Waals surface area contributed by atoms with Gasteiger partial charge in [-0.15, -0.1) is 11.8 Å². The predicted octanol–water partition coefficient (Wildman–Crippen LogP) is 2.02. The van der Waals surface area contributed by atoms with Crippen LogP contribution >= 0.6 is 11.8 Å². The molecule has 1 aliphatic heterocycles. The molecule has 2 aromatic rings. The third-order valence-corrected chi connectivity index (χ3v) is 6.93. The zero-order chi connectivity index (χ0) is 16.3. The van der Waals surface area contributed by atoms with Gasteiger partial charge in [0.15, 0.2) is 0 Å². The van der Waals surface area contributed by atoms with Crippen molar-refractivity contribution in [2.45, 2.75) is 29.7 Å². The molecule has 3 atom stereocenters. The maximum Gasteiger partial charge on any atom is 0.224 e. The summed E-state index contributed by atoms with van der Waals surface area (Å²) >= 11 is 1.73. The van der Waals surface area contributed by atoms with E-state index in [0.717, 1.165) is 43.7 Å². The molecule has 3 heterocycles. The van der Waals surface area contributed by atoms with E-state index in [1.165, 1.54) is 4.90 Å². The molecule has 126 valence electrons. The average molecular weight is 342 g/mol. The molecule has 0 unspecified atom stereocenters. The third-order valence-electron chi connectivity index (χ3n) is 6.14. The first-order valence-electron chi connectivity index (χ1n) is 8.77. The Kier molecular flexibility index (Phi) is 3.22. The lowest BCUT2D eigenvalue weighted by molar-refractivity contribution is -0.126. The summed E-state index contributed by atoms with van der Waals surface area (Å²) in [5.74, 6) is 2.57. The number of nitrogens with zero attached hydrogens (tertiary/aromatic N) is 2. The van der Waals surface area contributed by atoms with Gasteiger partial charge in [-0.25, -0.2) is 4.98 Å². The summed E-state index contributed by atoms with van der Waals surface area (Å²) in [6, 6.07) is 4.19. The highest BCUT2D eigenvalue weighted by molar-refractivity contribution is 7.98. The van der Waals surface area contributed by atoms with Gasteiger partial charge in [-0.1, -0.05) is 0 Å². The molecule has 0 bridgehead atoms. The van der Waals surface area contributed by atoms with Gasteiger partial charge in [0, 0.05) is 17.0 Å². The number of hydrogen-bond donors (Lipinski definition) is 2. The SMILES string of the molecule is CSc1cccn2c(C3(NC(=O)[C@H]4[C@@H]5CNC[C@@H]54)CCC3)ncc12. The van der Waals surface area contributed by atoms with Crippen molar-refractivity contribution in [3.63, 3.8) is 0 Å². The molecule has 0 radical (unpaired) electrons. The van der Waals surface area contributed by atoms with Crippen LogP contribution in [-0.4, -0.2) is 34.6 Å². The number of amides is 1. The number of carbonyl (C=O) groups is 1. The number of carbonyl (C=O) groups excluding carboxylic acids is 1. The van der Waals surface area contributed by atoms with Crippen LogP contribution in [0.3, 0.4) is 0 Å². The van der Waals surface area contributed by atoms with Crippen molar-refractivity contribution in [1.29, 1.82) is 0 Å². The fraction of sp³-hybridized carbons (Fsp3) is 0.556. The highest BCUT2D eigenvalue weighted by Crippen LogP contribution is 2.50. The lowest BCUT2D eigenvalue weighted by Gasteiger charge is -2.41. The molecule has 3 fully saturated rings. The molecule has 2 aromatic heterocycles. The van der Waals surface area contributed by atoms with Crippen molar-refractivity contribution >= 4 is 23.2 Å². The minimum Gasteiger partial charge on any atom is -0.343 e. The lowest BCUT2D eigenvalue weighted by Crippen LogP contribution is -2.53. The first-order valence-corrected chi connectivity index (χ1v) is 9.99. The molecule has 0 aromatic carbocycles. The van der Waals surface area contributed by atoms with E-state index < -0.39 is 0 Å². The summed E-state index contributed by atoms with van der Waals surface area (Å²) in [6.45, 7) is 2.00. The first-order chi connectivity index (χ1) is 11.7. The van der Waals surface area contributed by atoms with E-state index in [9.17, 15) is 4.79 Å². The summed E-state index contributed by atoms with van der Waals surface area (Å²) in [7, 11) is 0. The van der Waals surface area contributed by atoms with Crippen LogP contribution in [0.1, 0.15) is 25.1 Å². The number of nitrogens with one attached hydrogen (secondary N) is 2. The van der Waals surface area contributed by atoms with Crippen molar-refractivity contribution in [2.75, 3.05) is 19.3 Å². The molecule has 2 saturated carbocycles. The minimum absolute atomic E-state index is 0.219. The maximum atomic E-state index is 12.8. The van der Waals surface area contributed by atoms with Crippen LogP contribution in [0.15, 0.2) is 29.4 Å². The zero-order valence-electron chi connectivity index (χ0n) is 13.8. The number of fused-ring (bicyclic) bond motifs is 2. The smallest absolute Gasteiger partial charge is 0.224 e. The highest BCUT2D eigenvalue weighted by atomic mass is 32.2. The van der Waals surface area contributed by atoms with Gasteiger partial charge in [0.25, 0.3) is 0 Å². The van der Waals surface area contributed by atoms with E-state index in [2.05, 4.69) is 39.6 Å². The number of rotatable bonds is 4. The summed E-state index contributed by atoms with van der Waals surface area (Å²) in [4.78, 5) is 18.7. The molecule has 2 aliphatic carbocycles. The molecule has 2 N–H and O–H groups in total. The van der Waals surface area contributed by atoms with Crippen molar-refractivity contribution < 1.29 is 4.79 Å². The number of imidazole rings is 1. The van der Waals surface area contributed by atoms with Crippen molar-refractivity contribution in [3.05, 3.63) is 30.4 Å². The third kappa shape index (κ3) is 1.99. The molecule has 1 amide bonds. The molecule has 6 heteroatoms. The largest absolute Gasteiger partial charge is 0.343 e. The number of pyridine rings is 1. The second kappa shape index (κ2) is 5.23. The Morgan fingerprint density at radius 1 is 1.42 bits per heavy atom. The Hall–Kier alpha value is -1.53. The monoisotopic (exact) mass is 342 g/mol. The number of piperidine rings is 1. The molecule has 1 saturated heterocycles. The molecule has 0 spiro atoms. The lowest BCUT2D eigenvalue weighted by atomic mass is 9.75. The second-order valence-electron chi connectivity index (χ2n) is 7.35. The topological polar surface area (TPSA) is 58.4 Å². The Morgan fingerprint density at radius 3 is 2.88 bits per heavy atom. The highest BCUT2D eigenvalue weighted by Gasteiger charge is 2.58. The van der Waals surface area contributed by atoms with Gasteiger partial charge in [0.05, 0.1) is 17.3 Å². The van der Waals surface area contributed by atoms with Gasteiger partial charge < -0.3 is 15.0 Å². The normalized spacial score (nSPS) is 30.0. The van der Waals surface area contributed by atoms with Gasteiger partial charge >= 0.3 is 0 Å². The van der Waals surface area contributed by atoms with Gasteiger partial charge in [-0.2, -0.15) is 0 Å². The summed E-state index contributed by atoms with van der Waals surface area (Å²) in [5, 5.41) is 6.76. The average Bonchev–Trinajstić information content (AvgIpc) is 2.91. The van der Waals surface area contributed by atoms with E-state index in [1.54, 1.807) is 11.8 Å². The quantitative estimate of drug-likeness (QED) is 0.835. The van der Waals surface area contributed by atoms with Gasteiger partial charge in [-0.3, -0.25) is 4.79 Å². The molecule has 24 heavy (non-hydrogen) atoms. The van der Waals surface area contributed by atoms with Gasteiger partial charge in [0.1, 0.15) is 5.82 Å². The van der Waals surface area contributed by atoms with Crippen molar-refractivity contribution in [3.8, 4) is 0 Å². The maximum absolute atomic E-state index is 12.8.